The maximum atomic E-state index is 12.6. The van der Waals surface area contributed by atoms with Crippen molar-refractivity contribution >= 4 is 5.82 Å². The summed E-state index contributed by atoms with van der Waals surface area (Å²) in [5.41, 5.74) is 1.92. The third-order valence-corrected chi connectivity index (χ3v) is 2.37. The van der Waals surface area contributed by atoms with Crippen LogP contribution < -0.4 is 5.32 Å². The number of rotatable bonds is 4. The largest absolute Gasteiger partial charge is 0.392 e. The molecule has 0 unspecified atom stereocenters. The molecule has 3 nitrogen and oxygen atoms in total. The molecule has 0 bridgehead atoms. The number of hydrogen-bond acceptors (Lipinski definition) is 3. The lowest BCUT2D eigenvalue weighted by atomic mass is 10.1. The summed E-state index contributed by atoms with van der Waals surface area (Å²) in [4.78, 5) is 3.90. The van der Waals surface area contributed by atoms with E-state index in [1.165, 1.54) is 12.3 Å². The normalized spacial score (nSPS) is 10.2. The quantitative estimate of drug-likeness (QED) is 0.850. The van der Waals surface area contributed by atoms with Gasteiger partial charge in [0.15, 0.2) is 0 Å². The van der Waals surface area contributed by atoms with Crippen LogP contribution in [0.5, 0.6) is 0 Å². The van der Waals surface area contributed by atoms with Crippen LogP contribution in [0.4, 0.5) is 10.2 Å². The summed E-state index contributed by atoms with van der Waals surface area (Å²) in [6, 6.07) is 10.6. The first-order chi connectivity index (χ1) is 8.28. The number of aliphatic hydroxyl groups excluding tert-OH is 1. The van der Waals surface area contributed by atoms with Crippen LogP contribution in [0.2, 0.25) is 0 Å². The Labute approximate surface area is 98.9 Å². The number of nitrogens with one attached hydrogen (secondary N) is 1. The molecule has 0 saturated carbocycles. The molecule has 0 aliphatic heterocycles. The molecule has 0 amide bonds. The predicted molar refractivity (Wildman–Crippen MR) is 63.9 cm³/mol. The first-order valence-corrected chi connectivity index (χ1v) is 5.32. The van der Waals surface area contributed by atoms with Gasteiger partial charge in [0.1, 0.15) is 11.6 Å². The van der Waals surface area contributed by atoms with E-state index in [4.69, 9.17) is 5.11 Å². The van der Waals surface area contributed by atoms with Gasteiger partial charge in [-0.05, 0) is 23.3 Å². The van der Waals surface area contributed by atoms with E-state index in [2.05, 4.69) is 10.3 Å². The Morgan fingerprint density at radius 2 is 2.00 bits per heavy atom. The highest BCUT2D eigenvalue weighted by atomic mass is 19.1. The summed E-state index contributed by atoms with van der Waals surface area (Å²) in [7, 11) is 0. The fourth-order valence-corrected chi connectivity index (χ4v) is 1.51. The maximum absolute atomic E-state index is 12.6. The number of anilines is 1. The van der Waals surface area contributed by atoms with Crippen molar-refractivity contribution < 1.29 is 9.50 Å². The molecule has 17 heavy (non-hydrogen) atoms. The molecular weight excluding hydrogens is 219 g/mol. The lowest BCUT2D eigenvalue weighted by molar-refractivity contribution is 0.281. The number of nitrogens with zero attached hydrogens (tertiary/aromatic N) is 1. The van der Waals surface area contributed by atoms with Crippen molar-refractivity contribution in [2.24, 2.45) is 0 Å². The molecule has 0 spiro atoms. The second kappa shape index (κ2) is 5.41. The van der Waals surface area contributed by atoms with Gasteiger partial charge in [-0.3, -0.25) is 0 Å². The van der Waals surface area contributed by atoms with Crippen molar-refractivity contribution in [1.29, 1.82) is 0 Å². The van der Waals surface area contributed by atoms with E-state index in [-0.39, 0.29) is 12.4 Å². The van der Waals surface area contributed by atoms with Gasteiger partial charge >= 0.3 is 0 Å². The molecule has 0 fully saturated rings. The number of hydrogen-bond donors (Lipinski definition) is 2. The monoisotopic (exact) mass is 232 g/mol. The molecule has 1 heterocycles. The van der Waals surface area contributed by atoms with Crippen LogP contribution in [0.1, 0.15) is 11.1 Å². The van der Waals surface area contributed by atoms with Crippen LogP contribution in [0.3, 0.4) is 0 Å². The molecule has 2 rings (SSSR count). The molecule has 0 aliphatic carbocycles. The Morgan fingerprint density at radius 3 is 2.71 bits per heavy atom. The molecule has 1 aromatic heterocycles. The van der Waals surface area contributed by atoms with Gasteiger partial charge in [0.05, 0.1) is 12.8 Å². The van der Waals surface area contributed by atoms with Crippen LogP contribution in [0, 0.1) is 5.82 Å². The number of halogens is 1. The molecule has 0 aliphatic rings. The molecule has 0 atom stereocenters. The lowest BCUT2D eigenvalue weighted by Crippen LogP contribution is -2.01. The number of benzene rings is 1. The Bertz CT molecular complexity index is 485. The predicted octanol–water partition coefficient (Wildman–Crippen LogP) is 2.33. The van der Waals surface area contributed by atoms with Gasteiger partial charge < -0.3 is 10.4 Å². The Kier molecular flexibility index (Phi) is 3.67. The van der Waals surface area contributed by atoms with E-state index in [1.54, 1.807) is 6.07 Å². The van der Waals surface area contributed by atoms with Crippen molar-refractivity contribution in [1.82, 2.24) is 4.98 Å². The van der Waals surface area contributed by atoms with Gasteiger partial charge in [0, 0.05) is 6.54 Å². The molecular formula is C13H13FN2O. The summed E-state index contributed by atoms with van der Waals surface area (Å²) in [6.45, 7) is 0.620. The van der Waals surface area contributed by atoms with Crippen LogP contribution in [0.15, 0.2) is 42.6 Å². The van der Waals surface area contributed by atoms with Crippen molar-refractivity contribution in [2.75, 3.05) is 5.32 Å². The lowest BCUT2D eigenvalue weighted by Gasteiger charge is -2.06. The molecule has 2 aromatic rings. The van der Waals surface area contributed by atoms with Gasteiger partial charge in [-0.15, -0.1) is 0 Å². The van der Waals surface area contributed by atoms with Gasteiger partial charge in [-0.2, -0.15) is 0 Å². The Balaban J connectivity index is 1.99. The summed E-state index contributed by atoms with van der Waals surface area (Å²) < 4.78 is 12.6. The van der Waals surface area contributed by atoms with Crippen molar-refractivity contribution in [2.45, 2.75) is 13.2 Å². The fourth-order valence-electron chi connectivity index (χ4n) is 1.51. The molecule has 0 saturated heterocycles. The highest BCUT2D eigenvalue weighted by Gasteiger charge is 1.97. The van der Waals surface area contributed by atoms with Crippen LogP contribution in [0.25, 0.3) is 0 Å². The van der Waals surface area contributed by atoms with Crippen molar-refractivity contribution in [3.63, 3.8) is 0 Å². The Hall–Kier alpha value is -1.94. The average molecular weight is 232 g/mol. The van der Waals surface area contributed by atoms with E-state index < -0.39 is 0 Å². The highest BCUT2D eigenvalue weighted by molar-refractivity contribution is 5.35. The van der Waals surface area contributed by atoms with Crippen LogP contribution in [-0.2, 0) is 13.2 Å². The van der Waals surface area contributed by atoms with Gasteiger partial charge in [-0.1, -0.05) is 24.3 Å². The molecule has 0 radical (unpaired) electrons. The number of pyridine rings is 1. The zero-order valence-electron chi connectivity index (χ0n) is 9.23. The minimum atomic E-state index is -0.349. The summed E-state index contributed by atoms with van der Waals surface area (Å²) >= 11 is 0. The minimum absolute atomic E-state index is 0.0304. The fraction of sp³-hybridized carbons (Fsp3) is 0.154. The van der Waals surface area contributed by atoms with Gasteiger partial charge in [0.2, 0.25) is 0 Å². The zero-order chi connectivity index (χ0) is 12.1. The maximum Gasteiger partial charge on any atom is 0.141 e. The van der Waals surface area contributed by atoms with Gasteiger partial charge in [0.25, 0.3) is 0 Å². The minimum Gasteiger partial charge on any atom is -0.392 e. The summed E-state index contributed by atoms with van der Waals surface area (Å²) in [5.74, 6) is 0.277. The van der Waals surface area contributed by atoms with Crippen molar-refractivity contribution in [3.05, 3.63) is 59.5 Å². The highest BCUT2D eigenvalue weighted by Crippen LogP contribution is 2.09. The smallest absolute Gasteiger partial charge is 0.141 e. The van der Waals surface area contributed by atoms with Crippen molar-refractivity contribution in [3.8, 4) is 0 Å². The van der Waals surface area contributed by atoms with E-state index in [0.717, 1.165) is 11.1 Å². The van der Waals surface area contributed by atoms with Crippen LogP contribution in [-0.4, -0.2) is 10.1 Å². The second-order valence-corrected chi connectivity index (χ2v) is 3.69. The topological polar surface area (TPSA) is 45.1 Å². The Morgan fingerprint density at radius 1 is 1.18 bits per heavy atom. The van der Waals surface area contributed by atoms with E-state index in [0.29, 0.717) is 12.4 Å². The molecule has 2 N–H and O–H groups in total. The van der Waals surface area contributed by atoms with Crippen LogP contribution >= 0.6 is 0 Å². The van der Waals surface area contributed by atoms with E-state index >= 15 is 0 Å². The van der Waals surface area contributed by atoms with E-state index in [1.807, 2.05) is 24.3 Å². The third kappa shape index (κ3) is 3.26. The van der Waals surface area contributed by atoms with E-state index in [9.17, 15) is 4.39 Å². The number of aromatic nitrogens is 1. The molecule has 1 aromatic carbocycles. The summed E-state index contributed by atoms with van der Waals surface area (Å²) in [6.07, 6.45) is 1.17. The first kappa shape index (κ1) is 11.5. The molecule has 4 heteroatoms. The zero-order valence-corrected chi connectivity index (χ0v) is 9.23. The second-order valence-electron chi connectivity index (χ2n) is 3.69. The van der Waals surface area contributed by atoms with Gasteiger partial charge in [-0.25, -0.2) is 9.37 Å². The third-order valence-electron chi connectivity index (χ3n) is 2.37. The average Bonchev–Trinajstić information content (AvgIpc) is 2.38. The standard InChI is InChI=1S/C13H13FN2O/c14-12-4-5-13(16-8-12)15-7-10-2-1-3-11(6-10)9-17/h1-6,8,17H,7,9H2,(H,15,16). The number of aliphatic hydroxyl groups is 1. The summed E-state index contributed by atoms with van der Waals surface area (Å²) in [5, 5.41) is 12.1. The molecule has 88 valence electrons. The SMILES string of the molecule is OCc1cccc(CNc2ccc(F)cn2)c1. The first-order valence-electron chi connectivity index (χ1n) is 5.32.